The number of hydrogen-bond donors (Lipinski definition) is 1. The summed E-state index contributed by atoms with van der Waals surface area (Å²) in [4.78, 5) is 10.3. The van der Waals surface area contributed by atoms with Crippen LogP contribution in [0.3, 0.4) is 0 Å². The van der Waals surface area contributed by atoms with Gasteiger partial charge < -0.3 is 10.0 Å². The smallest absolute Gasteiger partial charge is 0.230 e. The molecule has 1 aromatic carbocycles. The van der Waals surface area contributed by atoms with Gasteiger partial charge in [-0.2, -0.15) is 4.52 Å². The van der Waals surface area contributed by atoms with Gasteiger partial charge in [-0.25, -0.2) is 9.37 Å². The number of likely N-dealkylation sites (N-methyl/N-ethyl adjacent to an activating group) is 1. The topological polar surface area (TPSA) is 56.9 Å². The van der Waals surface area contributed by atoms with Crippen LogP contribution in [0.25, 0.3) is 4.96 Å². The summed E-state index contributed by atoms with van der Waals surface area (Å²) in [5.41, 5.74) is 0.834. The predicted octanol–water partition coefficient (Wildman–Crippen LogP) is 2.28. The molecule has 0 bridgehead atoms. The fourth-order valence-electron chi connectivity index (χ4n) is 3.31. The van der Waals surface area contributed by atoms with Crippen molar-refractivity contribution in [3.8, 4) is 5.88 Å². The van der Waals surface area contributed by atoms with Gasteiger partial charge in [0.2, 0.25) is 10.8 Å². The number of thiazole rings is 1. The SMILES string of the molecule is Cc1nc2sc([C@H](c3cccc(F)c3)N3CCN(C)CC3)c(O)n2n1. The Labute approximate surface area is 149 Å². The first-order chi connectivity index (χ1) is 12.0. The van der Waals surface area contributed by atoms with Gasteiger partial charge in [-0.3, -0.25) is 4.90 Å². The molecule has 25 heavy (non-hydrogen) atoms. The highest BCUT2D eigenvalue weighted by atomic mass is 32.1. The van der Waals surface area contributed by atoms with Crippen molar-refractivity contribution in [1.82, 2.24) is 24.4 Å². The lowest BCUT2D eigenvalue weighted by Gasteiger charge is -2.37. The zero-order valence-electron chi connectivity index (χ0n) is 14.2. The van der Waals surface area contributed by atoms with Crippen LogP contribution < -0.4 is 0 Å². The van der Waals surface area contributed by atoms with E-state index in [1.54, 1.807) is 19.1 Å². The Morgan fingerprint density at radius 2 is 2.00 bits per heavy atom. The highest BCUT2D eigenvalue weighted by Crippen LogP contribution is 2.40. The molecule has 4 rings (SSSR count). The maximum absolute atomic E-state index is 13.9. The van der Waals surface area contributed by atoms with E-state index in [-0.39, 0.29) is 17.7 Å². The van der Waals surface area contributed by atoms with E-state index >= 15 is 0 Å². The highest BCUT2D eigenvalue weighted by Gasteiger charge is 2.31. The molecular weight excluding hydrogens is 341 g/mol. The molecule has 2 aromatic heterocycles. The van der Waals surface area contributed by atoms with Gasteiger partial charge in [-0.15, -0.1) is 5.10 Å². The summed E-state index contributed by atoms with van der Waals surface area (Å²) in [6.07, 6.45) is 0. The first kappa shape index (κ1) is 16.4. The molecule has 1 fully saturated rings. The summed E-state index contributed by atoms with van der Waals surface area (Å²) in [6.45, 7) is 5.37. The Balaban J connectivity index is 1.81. The Hall–Kier alpha value is -2.03. The molecule has 3 aromatic rings. The molecule has 1 aliphatic rings. The maximum atomic E-state index is 13.9. The zero-order valence-corrected chi connectivity index (χ0v) is 15.0. The summed E-state index contributed by atoms with van der Waals surface area (Å²) in [5, 5.41) is 15.0. The van der Waals surface area contributed by atoms with Crippen LogP contribution in [0, 0.1) is 12.7 Å². The molecule has 1 atom stereocenters. The fraction of sp³-hybridized carbons (Fsp3) is 0.412. The van der Waals surface area contributed by atoms with Gasteiger partial charge in [0.15, 0.2) is 0 Å². The summed E-state index contributed by atoms with van der Waals surface area (Å²) >= 11 is 1.41. The first-order valence-corrected chi connectivity index (χ1v) is 9.07. The number of benzene rings is 1. The van der Waals surface area contributed by atoms with Crippen molar-refractivity contribution in [3.05, 3.63) is 46.3 Å². The van der Waals surface area contributed by atoms with Crippen molar-refractivity contribution < 1.29 is 9.50 Å². The number of nitrogens with zero attached hydrogens (tertiary/aromatic N) is 5. The van der Waals surface area contributed by atoms with Crippen LogP contribution in [-0.2, 0) is 0 Å². The van der Waals surface area contributed by atoms with Crippen LogP contribution >= 0.6 is 11.3 Å². The molecule has 0 saturated carbocycles. The van der Waals surface area contributed by atoms with Crippen LogP contribution in [-0.4, -0.2) is 62.7 Å². The number of aryl methyl sites for hydroxylation is 1. The van der Waals surface area contributed by atoms with Crippen LogP contribution in [0.5, 0.6) is 5.88 Å². The monoisotopic (exact) mass is 361 g/mol. The molecule has 0 amide bonds. The number of aromatic nitrogens is 3. The first-order valence-electron chi connectivity index (χ1n) is 8.26. The number of hydrogen-bond acceptors (Lipinski definition) is 6. The van der Waals surface area contributed by atoms with E-state index in [1.807, 2.05) is 6.07 Å². The average molecular weight is 361 g/mol. The van der Waals surface area contributed by atoms with Gasteiger partial charge in [-0.1, -0.05) is 23.5 Å². The predicted molar refractivity (Wildman–Crippen MR) is 94.6 cm³/mol. The van der Waals surface area contributed by atoms with Crippen LogP contribution in [0.1, 0.15) is 22.3 Å². The molecule has 3 heterocycles. The van der Waals surface area contributed by atoms with Crippen molar-refractivity contribution in [1.29, 1.82) is 0 Å². The van der Waals surface area contributed by atoms with E-state index in [0.29, 0.717) is 10.8 Å². The van der Waals surface area contributed by atoms with Crippen molar-refractivity contribution in [3.63, 3.8) is 0 Å². The average Bonchev–Trinajstić information content (AvgIpc) is 3.08. The second kappa shape index (κ2) is 6.36. The van der Waals surface area contributed by atoms with E-state index < -0.39 is 0 Å². The molecule has 0 radical (unpaired) electrons. The van der Waals surface area contributed by atoms with E-state index in [1.165, 1.54) is 21.9 Å². The fourth-order valence-corrected chi connectivity index (χ4v) is 4.47. The van der Waals surface area contributed by atoms with Crippen LogP contribution in [0.4, 0.5) is 4.39 Å². The van der Waals surface area contributed by atoms with Gasteiger partial charge >= 0.3 is 0 Å². The molecule has 0 spiro atoms. The minimum absolute atomic E-state index is 0.0915. The molecular formula is C17H20FN5OS. The lowest BCUT2D eigenvalue weighted by Crippen LogP contribution is -2.46. The third-order valence-electron chi connectivity index (χ3n) is 4.62. The van der Waals surface area contributed by atoms with Crippen molar-refractivity contribution in [2.24, 2.45) is 0 Å². The zero-order chi connectivity index (χ0) is 17.6. The number of aromatic hydroxyl groups is 1. The van der Waals surface area contributed by atoms with Crippen molar-refractivity contribution >= 4 is 16.3 Å². The Kier molecular flexibility index (Phi) is 4.18. The standard InChI is InChI=1S/C17H20FN5OS/c1-11-19-17-23(20-11)16(24)15(25-17)14(12-4-3-5-13(18)10-12)22-8-6-21(2)7-9-22/h3-5,10,14,24H,6-9H2,1-2H3/t14-/m0/s1. The van der Waals surface area contributed by atoms with Gasteiger partial charge in [0.25, 0.3) is 0 Å². The third kappa shape index (κ3) is 3.01. The Morgan fingerprint density at radius 1 is 1.24 bits per heavy atom. The molecule has 0 aliphatic carbocycles. The van der Waals surface area contributed by atoms with E-state index in [4.69, 9.17) is 0 Å². The van der Waals surface area contributed by atoms with E-state index in [0.717, 1.165) is 36.6 Å². The van der Waals surface area contributed by atoms with Crippen molar-refractivity contribution in [2.75, 3.05) is 33.2 Å². The second-order valence-electron chi connectivity index (χ2n) is 6.44. The molecule has 8 heteroatoms. The molecule has 1 saturated heterocycles. The summed E-state index contributed by atoms with van der Waals surface area (Å²) in [7, 11) is 2.10. The van der Waals surface area contributed by atoms with E-state index in [2.05, 4.69) is 26.9 Å². The summed E-state index contributed by atoms with van der Waals surface area (Å²) in [6, 6.07) is 6.40. The molecule has 1 N–H and O–H groups in total. The number of fused-ring (bicyclic) bond motifs is 1. The number of halogens is 1. The minimum atomic E-state index is -0.272. The highest BCUT2D eigenvalue weighted by molar-refractivity contribution is 7.17. The summed E-state index contributed by atoms with van der Waals surface area (Å²) in [5.74, 6) is 0.440. The lowest BCUT2D eigenvalue weighted by atomic mass is 10.0. The van der Waals surface area contributed by atoms with E-state index in [9.17, 15) is 9.50 Å². The van der Waals surface area contributed by atoms with Crippen LogP contribution in [0.2, 0.25) is 0 Å². The molecule has 6 nitrogen and oxygen atoms in total. The maximum Gasteiger partial charge on any atom is 0.230 e. The van der Waals surface area contributed by atoms with Crippen LogP contribution in [0.15, 0.2) is 24.3 Å². The van der Waals surface area contributed by atoms with Gasteiger partial charge in [0.1, 0.15) is 11.6 Å². The second-order valence-corrected chi connectivity index (χ2v) is 7.45. The third-order valence-corrected chi connectivity index (χ3v) is 5.69. The lowest BCUT2D eigenvalue weighted by molar-refractivity contribution is 0.127. The van der Waals surface area contributed by atoms with Gasteiger partial charge in [-0.05, 0) is 31.7 Å². The Morgan fingerprint density at radius 3 is 2.68 bits per heavy atom. The molecule has 0 unspecified atom stereocenters. The summed E-state index contributed by atoms with van der Waals surface area (Å²) < 4.78 is 15.3. The number of rotatable bonds is 3. The largest absolute Gasteiger partial charge is 0.492 e. The van der Waals surface area contributed by atoms with Crippen molar-refractivity contribution in [2.45, 2.75) is 13.0 Å². The normalized spacial score (nSPS) is 18.0. The molecule has 1 aliphatic heterocycles. The quantitative estimate of drug-likeness (QED) is 0.776. The van der Waals surface area contributed by atoms with Gasteiger partial charge in [0.05, 0.1) is 10.9 Å². The Bertz CT molecular complexity index is 900. The number of piperazine rings is 1. The van der Waals surface area contributed by atoms with Gasteiger partial charge in [0, 0.05) is 26.2 Å². The molecule has 132 valence electrons. The minimum Gasteiger partial charge on any atom is -0.492 e.